The summed E-state index contributed by atoms with van der Waals surface area (Å²) in [5.74, 6) is -2.50. The average molecular weight is 484 g/mol. The molecule has 7 nitrogen and oxygen atoms in total. The number of rotatable bonds is 6. The van der Waals surface area contributed by atoms with Gasteiger partial charge in [-0.05, 0) is 47.1 Å². The van der Waals surface area contributed by atoms with Gasteiger partial charge in [0.25, 0.3) is 15.9 Å². The Morgan fingerprint density at radius 1 is 1.29 bits per heavy atom. The van der Waals surface area contributed by atoms with Crippen molar-refractivity contribution in [1.29, 1.82) is 0 Å². The molecule has 3 rings (SSSR count). The Morgan fingerprint density at radius 3 is 2.61 bits per heavy atom. The molecule has 0 spiro atoms. The Bertz CT molecular complexity index is 1100. The predicted molar refractivity (Wildman–Crippen MR) is 106 cm³/mol. The number of amides is 1. The lowest BCUT2D eigenvalue weighted by molar-refractivity contribution is -0.139. The maximum absolute atomic E-state index is 12.8. The first-order valence-corrected chi connectivity index (χ1v) is 11.2. The summed E-state index contributed by atoms with van der Waals surface area (Å²) in [7, 11) is -4.15. The Balaban J connectivity index is 1.94. The fraction of sp³-hybridized carbons (Fsp3) is 0.167. The van der Waals surface area contributed by atoms with Crippen LogP contribution in [0.25, 0.3) is 6.08 Å². The summed E-state index contributed by atoms with van der Waals surface area (Å²) in [4.78, 5) is 38.0. The number of ether oxygens (including phenoxy) is 1. The maximum Gasteiger partial charge on any atom is 0.341 e. The summed E-state index contributed by atoms with van der Waals surface area (Å²) in [6.45, 7) is 0.851. The van der Waals surface area contributed by atoms with Crippen molar-refractivity contribution in [2.45, 2.75) is 11.8 Å². The van der Waals surface area contributed by atoms with Crippen molar-refractivity contribution in [3.05, 3.63) is 56.2 Å². The summed E-state index contributed by atoms with van der Waals surface area (Å²) in [5.41, 5.74) is -0.325. The Hall–Kier alpha value is -2.30. The van der Waals surface area contributed by atoms with Crippen LogP contribution in [0.1, 0.15) is 22.2 Å². The molecule has 0 aliphatic carbocycles. The van der Waals surface area contributed by atoms with Crippen molar-refractivity contribution in [2.75, 3.05) is 13.2 Å². The van der Waals surface area contributed by atoms with E-state index in [1.165, 1.54) is 41.7 Å². The van der Waals surface area contributed by atoms with Gasteiger partial charge in [-0.1, -0.05) is 12.1 Å². The number of esters is 1. The van der Waals surface area contributed by atoms with Gasteiger partial charge in [-0.25, -0.2) is 17.5 Å². The van der Waals surface area contributed by atoms with Gasteiger partial charge in [0, 0.05) is 14.7 Å². The van der Waals surface area contributed by atoms with Crippen molar-refractivity contribution >= 4 is 61.0 Å². The first-order chi connectivity index (χ1) is 13.3. The molecule has 1 aromatic heterocycles. The minimum absolute atomic E-state index is 0.000785. The molecule has 28 heavy (non-hydrogen) atoms. The summed E-state index contributed by atoms with van der Waals surface area (Å²) < 4.78 is 31.4. The van der Waals surface area contributed by atoms with Gasteiger partial charge in [0.1, 0.15) is 17.0 Å². The highest BCUT2D eigenvalue weighted by atomic mass is 79.9. The van der Waals surface area contributed by atoms with Gasteiger partial charge in [0.15, 0.2) is 5.78 Å². The fourth-order valence-corrected chi connectivity index (χ4v) is 5.51. The van der Waals surface area contributed by atoms with Crippen LogP contribution < -0.4 is 0 Å². The van der Waals surface area contributed by atoms with Gasteiger partial charge in [-0.3, -0.25) is 9.59 Å². The number of nitrogens with zero attached hydrogens (tertiary/aromatic N) is 1. The number of fused-ring (bicyclic) bond motifs is 1. The van der Waals surface area contributed by atoms with Crippen LogP contribution >= 0.6 is 27.3 Å². The number of hydrogen-bond acceptors (Lipinski definition) is 7. The standard InChI is InChI=1S/C18H14BrNO6S2/c1-2-26-18(23)14(8-12-7-11(19)10-27-12)15(21)9-20-17(22)13-5-3-4-6-16(13)28(20,24)25/h3-8,10H,2,9H2,1H3. The lowest BCUT2D eigenvalue weighted by atomic mass is 10.1. The number of carbonyl (C=O) groups excluding carboxylic acids is 3. The Morgan fingerprint density at radius 2 is 2.00 bits per heavy atom. The Labute approximate surface area is 173 Å². The molecular formula is C18H14BrNO6S2. The van der Waals surface area contributed by atoms with Gasteiger partial charge in [-0.15, -0.1) is 11.3 Å². The molecule has 1 aliphatic rings. The number of ketones is 1. The van der Waals surface area contributed by atoms with E-state index in [4.69, 9.17) is 4.74 Å². The number of benzene rings is 1. The van der Waals surface area contributed by atoms with E-state index in [0.29, 0.717) is 9.18 Å². The largest absolute Gasteiger partial charge is 0.462 e. The van der Waals surface area contributed by atoms with E-state index in [1.54, 1.807) is 18.4 Å². The second-order valence-electron chi connectivity index (χ2n) is 5.68. The van der Waals surface area contributed by atoms with Gasteiger partial charge in [0.2, 0.25) is 0 Å². The molecule has 10 heteroatoms. The van der Waals surface area contributed by atoms with Crippen molar-refractivity contribution < 1.29 is 27.5 Å². The fourth-order valence-electron chi connectivity index (χ4n) is 2.61. The molecule has 2 aromatic rings. The van der Waals surface area contributed by atoms with Gasteiger partial charge >= 0.3 is 5.97 Å². The van der Waals surface area contributed by atoms with Gasteiger partial charge < -0.3 is 4.74 Å². The van der Waals surface area contributed by atoms with Crippen LogP contribution in [0.2, 0.25) is 0 Å². The van der Waals surface area contributed by atoms with Crippen LogP contribution in [0.15, 0.2) is 50.7 Å². The molecule has 1 aromatic carbocycles. The van der Waals surface area contributed by atoms with Crippen molar-refractivity contribution in [3.63, 3.8) is 0 Å². The Kier molecular flexibility index (Phi) is 5.82. The molecule has 0 saturated heterocycles. The maximum atomic E-state index is 12.8. The first kappa shape index (κ1) is 20.4. The topological polar surface area (TPSA) is 97.8 Å². The molecule has 0 saturated carbocycles. The van der Waals surface area contributed by atoms with Gasteiger partial charge in [0.05, 0.1) is 12.2 Å². The van der Waals surface area contributed by atoms with Crippen molar-refractivity contribution in [3.8, 4) is 0 Å². The van der Waals surface area contributed by atoms with Crippen LogP contribution in [0.3, 0.4) is 0 Å². The molecule has 0 radical (unpaired) electrons. The third-order valence-corrected chi connectivity index (χ3v) is 7.30. The smallest absolute Gasteiger partial charge is 0.341 e. The number of halogens is 1. The molecule has 0 fully saturated rings. The van der Waals surface area contributed by atoms with Crippen molar-refractivity contribution in [1.82, 2.24) is 4.31 Å². The molecule has 0 bridgehead atoms. The lowest BCUT2D eigenvalue weighted by Crippen LogP contribution is -2.36. The zero-order valence-electron chi connectivity index (χ0n) is 14.5. The molecule has 2 heterocycles. The van der Waals surface area contributed by atoms with E-state index < -0.39 is 34.2 Å². The molecule has 0 unspecified atom stereocenters. The van der Waals surface area contributed by atoms with E-state index in [1.807, 2.05) is 0 Å². The number of thiophene rings is 1. The third-order valence-electron chi connectivity index (χ3n) is 3.87. The highest BCUT2D eigenvalue weighted by molar-refractivity contribution is 9.10. The molecule has 0 atom stereocenters. The number of sulfonamides is 1. The minimum atomic E-state index is -4.15. The monoisotopic (exact) mass is 483 g/mol. The summed E-state index contributed by atoms with van der Waals surface area (Å²) in [6.07, 6.45) is 1.33. The molecular weight excluding hydrogens is 470 g/mol. The normalized spacial score (nSPS) is 15.4. The van der Waals surface area contributed by atoms with Crippen LogP contribution in [-0.2, 0) is 24.3 Å². The van der Waals surface area contributed by atoms with E-state index in [9.17, 15) is 22.8 Å². The minimum Gasteiger partial charge on any atom is -0.462 e. The molecule has 1 amide bonds. The first-order valence-electron chi connectivity index (χ1n) is 8.08. The number of carbonyl (C=O) groups is 3. The molecule has 1 aliphatic heterocycles. The van der Waals surface area contributed by atoms with E-state index >= 15 is 0 Å². The van der Waals surface area contributed by atoms with Gasteiger partial charge in [-0.2, -0.15) is 0 Å². The lowest BCUT2D eigenvalue weighted by Gasteiger charge is -2.15. The zero-order chi connectivity index (χ0) is 20.5. The average Bonchev–Trinajstić information content (AvgIpc) is 3.15. The van der Waals surface area contributed by atoms with E-state index in [2.05, 4.69) is 15.9 Å². The number of hydrogen-bond donors (Lipinski definition) is 0. The van der Waals surface area contributed by atoms with E-state index in [-0.39, 0.29) is 22.6 Å². The second-order valence-corrected chi connectivity index (χ2v) is 9.37. The highest BCUT2D eigenvalue weighted by Gasteiger charge is 2.42. The third kappa shape index (κ3) is 3.80. The molecule has 146 valence electrons. The van der Waals surface area contributed by atoms with E-state index in [0.717, 1.165) is 4.47 Å². The summed E-state index contributed by atoms with van der Waals surface area (Å²) in [6, 6.07) is 7.41. The molecule has 0 N–H and O–H groups in total. The number of Topliss-reactive ketones (excluding diaryl/α,β-unsaturated/α-hetero) is 1. The predicted octanol–water partition coefficient (Wildman–Crippen LogP) is 2.87. The van der Waals surface area contributed by atoms with Crippen LogP contribution in [0.5, 0.6) is 0 Å². The van der Waals surface area contributed by atoms with Crippen molar-refractivity contribution in [2.24, 2.45) is 0 Å². The zero-order valence-corrected chi connectivity index (χ0v) is 17.8. The highest BCUT2D eigenvalue weighted by Crippen LogP contribution is 2.30. The summed E-state index contributed by atoms with van der Waals surface area (Å²) >= 11 is 4.57. The van der Waals surface area contributed by atoms with Crippen LogP contribution in [0.4, 0.5) is 0 Å². The van der Waals surface area contributed by atoms with Crippen LogP contribution in [0, 0.1) is 0 Å². The second kappa shape index (κ2) is 7.98. The summed E-state index contributed by atoms with van der Waals surface area (Å²) in [5, 5.41) is 1.77. The quantitative estimate of drug-likeness (QED) is 0.271. The SMILES string of the molecule is CCOC(=O)C(=Cc1cc(Br)cs1)C(=O)CN1C(=O)c2ccccc2S1(=O)=O. The van der Waals surface area contributed by atoms with Crippen LogP contribution in [-0.4, -0.2) is 43.5 Å².